The van der Waals surface area contributed by atoms with Crippen LogP contribution in [0.1, 0.15) is 36.3 Å². The fourth-order valence-electron chi connectivity index (χ4n) is 4.05. The zero-order chi connectivity index (χ0) is 21.0. The molecule has 9 heteroatoms. The Labute approximate surface area is 175 Å². The maximum atomic E-state index is 12.9. The Balaban J connectivity index is 1.48. The Morgan fingerprint density at radius 2 is 1.86 bits per heavy atom. The van der Waals surface area contributed by atoms with Gasteiger partial charge in [0.15, 0.2) is 5.13 Å². The second kappa shape index (κ2) is 9.67. The number of nitrogens with zero attached hydrogens (tertiary/aromatic N) is 3. The van der Waals surface area contributed by atoms with Gasteiger partial charge in [0.1, 0.15) is 0 Å². The van der Waals surface area contributed by atoms with Crippen LogP contribution >= 0.6 is 11.3 Å². The molecule has 1 N–H and O–H groups in total. The van der Waals surface area contributed by atoms with E-state index in [0.29, 0.717) is 37.6 Å². The van der Waals surface area contributed by atoms with Crippen molar-refractivity contribution in [3.63, 3.8) is 0 Å². The molecule has 1 aromatic rings. The number of aromatic nitrogens is 1. The molecule has 1 aromatic heterocycles. The maximum absolute atomic E-state index is 12.9. The van der Waals surface area contributed by atoms with Gasteiger partial charge in [-0.05, 0) is 46.1 Å². The van der Waals surface area contributed by atoms with Gasteiger partial charge in [-0.15, -0.1) is 11.3 Å². The van der Waals surface area contributed by atoms with Crippen LogP contribution < -0.4 is 5.32 Å². The van der Waals surface area contributed by atoms with E-state index in [4.69, 9.17) is 4.74 Å². The van der Waals surface area contributed by atoms with Crippen molar-refractivity contribution < 1.29 is 19.1 Å². The third kappa shape index (κ3) is 5.54. The van der Waals surface area contributed by atoms with E-state index in [-0.39, 0.29) is 36.2 Å². The second-order valence-corrected chi connectivity index (χ2v) is 9.11. The molecule has 0 spiro atoms. The molecule has 2 saturated heterocycles. The predicted molar refractivity (Wildman–Crippen MR) is 111 cm³/mol. The minimum atomic E-state index is -0.183. The highest BCUT2D eigenvalue weighted by Crippen LogP contribution is 2.24. The molecule has 0 aromatic carbocycles. The zero-order valence-electron chi connectivity index (χ0n) is 17.4. The number of aryl methyl sites for hydroxylation is 2. The first-order valence-electron chi connectivity index (χ1n) is 10.2. The van der Waals surface area contributed by atoms with Gasteiger partial charge in [0.2, 0.25) is 11.8 Å². The number of esters is 1. The number of thiazole rings is 1. The average Bonchev–Trinajstić information content (AvgIpc) is 3.03. The summed E-state index contributed by atoms with van der Waals surface area (Å²) in [6, 6.07) is 0. The Morgan fingerprint density at radius 3 is 2.48 bits per heavy atom. The Morgan fingerprint density at radius 1 is 1.14 bits per heavy atom. The monoisotopic (exact) mass is 422 g/mol. The molecule has 2 aliphatic rings. The average molecular weight is 423 g/mol. The summed E-state index contributed by atoms with van der Waals surface area (Å²) in [6.45, 7) is 6.78. The van der Waals surface area contributed by atoms with E-state index < -0.39 is 0 Å². The molecule has 2 aliphatic heterocycles. The summed E-state index contributed by atoms with van der Waals surface area (Å²) in [7, 11) is 1.41. The van der Waals surface area contributed by atoms with E-state index in [1.807, 2.05) is 18.7 Å². The van der Waals surface area contributed by atoms with Crippen LogP contribution in [0.5, 0.6) is 0 Å². The molecule has 0 radical (unpaired) electrons. The van der Waals surface area contributed by atoms with Crippen LogP contribution in [0.4, 0.5) is 5.13 Å². The first-order valence-corrected chi connectivity index (χ1v) is 11.0. The number of carbonyl (C=O) groups excluding carboxylic acids is 3. The first-order chi connectivity index (χ1) is 13.9. The molecule has 160 valence electrons. The minimum absolute atomic E-state index is 0.0874. The largest absolute Gasteiger partial charge is 0.469 e. The Kier molecular flexibility index (Phi) is 7.23. The summed E-state index contributed by atoms with van der Waals surface area (Å²) in [5.41, 5.74) is 0.935. The molecule has 0 aliphatic carbocycles. The van der Waals surface area contributed by atoms with E-state index >= 15 is 0 Å². The van der Waals surface area contributed by atoms with Crippen LogP contribution in [-0.4, -0.2) is 72.4 Å². The van der Waals surface area contributed by atoms with Crippen LogP contribution in [0.15, 0.2) is 0 Å². The number of carbonyl (C=O) groups is 3. The first kappa shape index (κ1) is 21.7. The molecule has 2 fully saturated rings. The fraction of sp³-hybridized carbons (Fsp3) is 0.700. The Bertz CT molecular complexity index is 738. The maximum Gasteiger partial charge on any atom is 0.308 e. The molecule has 1 atom stereocenters. The third-order valence-corrected chi connectivity index (χ3v) is 6.83. The highest BCUT2D eigenvalue weighted by molar-refractivity contribution is 7.15. The van der Waals surface area contributed by atoms with Crippen LogP contribution in [0.3, 0.4) is 0 Å². The third-order valence-electron chi connectivity index (χ3n) is 5.84. The van der Waals surface area contributed by atoms with E-state index in [1.165, 1.54) is 18.4 Å². The zero-order valence-corrected chi connectivity index (χ0v) is 18.2. The molecule has 0 saturated carbocycles. The molecule has 3 heterocycles. The van der Waals surface area contributed by atoms with Gasteiger partial charge in [-0.2, -0.15) is 0 Å². The standard InChI is InChI=1S/C20H30N4O4S/c1-13-14(2)29-20(21-13)22-17(25)12-23-8-4-5-16(11-23)18(26)24-9-6-15(7-10-24)19(27)28-3/h15-16H,4-12H2,1-3H3,(H,21,22,25). The summed E-state index contributed by atoms with van der Waals surface area (Å²) >= 11 is 1.48. The van der Waals surface area contributed by atoms with E-state index in [9.17, 15) is 14.4 Å². The van der Waals surface area contributed by atoms with Crippen LogP contribution in [0.25, 0.3) is 0 Å². The number of hydrogen-bond acceptors (Lipinski definition) is 7. The quantitative estimate of drug-likeness (QED) is 0.728. The second-order valence-electron chi connectivity index (χ2n) is 7.91. The summed E-state index contributed by atoms with van der Waals surface area (Å²) in [5, 5.41) is 3.49. The van der Waals surface area contributed by atoms with E-state index in [1.54, 1.807) is 0 Å². The van der Waals surface area contributed by atoms with Gasteiger partial charge in [-0.3, -0.25) is 19.3 Å². The molecular weight excluding hydrogens is 392 g/mol. The van der Waals surface area contributed by atoms with Gasteiger partial charge in [-0.25, -0.2) is 4.98 Å². The van der Waals surface area contributed by atoms with Gasteiger partial charge in [-0.1, -0.05) is 0 Å². The van der Waals surface area contributed by atoms with Gasteiger partial charge in [0, 0.05) is 24.5 Å². The molecule has 3 rings (SSSR count). The van der Waals surface area contributed by atoms with Crippen molar-refractivity contribution in [1.82, 2.24) is 14.8 Å². The summed E-state index contributed by atoms with van der Waals surface area (Å²) in [6.07, 6.45) is 3.06. The molecular formula is C20H30N4O4S. The summed E-state index contributed by atoms with van der Waals surface area (Å²) < 4.78 is 4.81. The Hall–Kier alpha value is -2.00. The van der Waals surface area contributed by atoms with Crippen molar-refractivity contribution in [3.05, 3.63) is 10.6 Å². The van der Waals surface area contributed by atoms with Gasteiger partial charge < -0.3 is 15.0 Å². The lowest BCUT2D eigenvalue weighted by Crippen LogP contribution is -2.49. The number of nitrogens with one attached hydrogen (secondary N) is 1. The highest BCUT2D eigenvalue weighted by Gasteiger charge is 2.33. The fourth-order valence-corrected chi connectivity index (χ4v) is 4.88. The van der Waals surface area contributed by atoms with Gasteiger partial charge >= 0.3 is 5.97 Å². The van der Waals surface area contributed by atoms with Crippen molar-refractivity contribution in [3.8, 4) is 0 Å². The van der Waals surface area contributed by atoms with Gasteiger partial charge in [0.25, 0.3) is 0 Å². The lowest BCUT2D eigenvalue weighted by molar-refractivity contribution is -0.150. The minimum Gasteiger partial charge on any atom is -0.469 e. The number of hydrogen-bond donors (Lipinski definition) is 1. The number of piperidine rings is 2. The van der Waals surface area contributed by atoms with Crippen molar-refractivity contribution >= 4 is 34.3 Å². The van der Waals surface area contributed by atoms with Crippen molar-refractivity contribution in [2.24, 2.45) is 11.8 Å². The number of rotatable bonds is 5. The number of methoxy groups -OCH3 is 1. The van der Waals surface area contributed by atoms with Gasteiger partial charge in [0.05, 0.1) is 31.2 Å². The van der Waals surface area contributed by atoms with Crippen molar-refractivity contribution in [2.45, 2.75) is 39.5 Å². The SMILES string of the molecule is COC(=O)C1CCN(C(=O)C2CCCN(CC(=O)Nc3nc(C)c(C)s3)C2)CC1. The predicted octanol–water partition coefficient (Wildman–Crippen LogP) is 1.82. The molecule has 1 unspecified atom stereocenters. The van der Waals surface area contributed by atoms with E-state index in [2.05, 4.69) is 15.2 Å². The molecule has 8 nitrogen and oxygen atoms in total. The van der Waals surface area contributed by atoms with Crippen molar-refractivity contribution in [1.29, 1.82) is 0 Å². The number of ether oxygens (including phenoxy) is 1. The van der Waals surface area contributed by atoms with Crippen LogP contribution in [0.2, 0.25) is 0 Å². The topological polar surface area (TPSA) is 91.8 Å². The normalized spacial score (nSPS) is 21.1. The summed E-state index contributed by atoms with van der Waals surface area (Å²) in [5.74, 6) is -0.322. The lowest BCUT2D eigenvalue weighted by Gasteiger charge is -2.37. The number of likely N-dealkylation sites (tertiary alicyclic amines) is 2. The number of anilines is 1. The van der Waals surface area contributed by atoms with E-state index in [0.717, 1.165) is 30.0 Å². The van der Waals surface area contributed by atoms with Crippen LogP contribution in [-0.2, 0) is 19.1 Å². The van der Waals surface area contributed by atoms with Crippen molar-refractivity contribution in [2.75, 3.05) is 45.2 Å². The lowest BCUT2D eigenvalue weighted by atomic mass is 9.93. The van der Waals surface area contributed by atoms with Crippen LogP contribution in [0, 0.1) is 25.7 Å². The molecule has 29 heavy (non-hydrogen) atoms. The number of amides is 2. The highest BCUT2D eigenvalue weighted by atomic mass is 32.1. The molecule has 0 bridgehead atoms. The molecule has 2 amide bonds. The smallest absolute Gasteiger partial charge is 0.308 e. The summed E-state index contributed by atoms with van der Waals surface area (Å²) in [4.78, 5) is 46.4.